The van der Waals surface area contributed by atoms with Crippen LogP contribution >= 0.6 is 31.9 Å². The van der Waals surface area contributed by atoms with Gasteiger partial charge in [0.05, 0.1) is 0 Å². The number of aromatic nitrogens is 1. The lowest BCUT2D eigenvalue weighted by atomic mass is 10.3. The van der Waals surface area contributed by atoms with Crippen molar-refractivity contribution in [1.82, 2.24) is 9.88 Å². The largest absolute Gasteiger partial charge is 0.336 e. The number of nitrogens with zero attached hydrogens (tertiary/aromatic N) is 2. The summed E-state index contributed by atoms with van der Waals surface area (Å²) in [5.41, 5.74) is 0.499. The second-order valence-corrected chi connectivity index (χ2v) is 5.62. The van der Waals surface area contributed by atoms with E-state index >= 15 is 0 Å². The first-order valence-corrected chi connectivity index (χ1v) is 6.43. The van der Waals surface area contributed by atoms with E-state index in [0.717, 1.165) is 24.0 Å². The first-order valence-electron chi connectivity index (χ1n) is 4.72. The Morgan fingerprint density at radius 2 is 2.40 bits per heavy atom. The molecular weight excluding hydrogens is 324 g/mol. The van der Waals surface area contributed by atoms with Crippen LogP contribution in [0.15, 0.2) is 22.8 Å². The minimum atomic E-state index is 0.00410. The predicted molar refractivity (Wildman–Crippen MR) is 65.2 cm³/mol. The molecule has 2 rings (SSSR count). The van der Waals surface area contributed by atoms with Crippen LogP contribution < -0.4 is 0 Å². The van der Waals surface area contributed by atoms with Crippen molar-refractivity contribution in [2.75, 3.05) is 13.1 Å². The van der Waals surface area contributed by atoms with E-state index in [4.69, 9.17) is 0 Å². The average molecular weight is 334 g/mol. The van der Waals surface area contributed by atoms with E-state index in [0.29, 0.717) is 10.5 Å². The number of alkyl halides is 1. The number of pyridine rings is 1. The molecule has 0 aromatic carbocycles. The lowest BCUT2D eigenvalue weighted by Gasteiger charge is -2.15. The number of hydrogen-bond acceptors (Lipinski definition) is 2. The Morgan fingerprint density at radius 1 is 1.60 bits per heavy atom. The Morgan fingerprint density at radius 3 is 3.00 bits per heavy atom. The number of hydrogen-bond donors (Lipinski definition) is 0. The topological polar surface area (TPSA) is 33.2 Å². The lowest BCUT2D eigenvalue weighted by molar-refractivity contribution is 0.0786. The number of likely N-dealkylation sites (tertiary alicyclic amines) is 1. The van der Waals surface area contributed by atoms with Crippen molar-refractivity contribution in [3.63, 3.8) is 0 Å². The van der Waals surface area contributed by atoms with Gasteiger partial charge in [0.1, 0.15) is 5.69 Å². The first kappa shape index (κ1) is 11.1. The van der Waals surface area contributed by atoms with Crippen LogP contribution in [0.25, 0.3) is 0 Å². The molecular formula is C10H10Br2N2O. The van der Waals surface area contributed by atoms with E-state index in [-0.39, 0.29) is 5.91 Å². The second kappa shape index (κ2) is 4.61. The first-order chi connectivity index (χ1) is 7.18. The number of amides is 1. The van der Waals surface area contributed by atoms with Crippen molar-refractivity contribution >= 4 is 37.8 Å². The van der Waals surface area contributed by atoms with Gasteiger partial charge in [-0.05, 0) is 34.5 Å². The summed E-state index contributed by atoms with van der Waals surface area (Å²) in [5.74, 6) is 0.00410. The highest BCUT2D eigenvalue weighted by molar-refractivity contribution is 9.10. The molecule has 0 radical (unpaired) electrons. The van der Waals surface area contributed by atoms with Gasteiger partial charge in [0.15, 0.2) is 0 Å². The van der Waals surface area contributed by atoms with Gasteiger partial charge in [-0.3, -0.25) is 4.79 Å². The zero-order chi connectivity index (χ0) is 10.8. The van der Waals surface area contributed by atoms with Crippen molar-refractivity contribution in [3.8, 4) is 0 Å². The van der Waals surface area contributed by atoms with Gasteiger partial charge in [0.2, 0.25) is 0 Å². The van der Waals surface area contributed by atoms with Gasteiger partial charge in [0.25, 0.3) is 5.91 Å². The summed E-state index contributed by atoms with van der Waals surface area (Å²) in [5, 5.41) is 0. The zero-order valence-corrected chi connectivity index (χ0v) is 11.2. The maximum Gasteiger partial charge on any atom is 0.273 e. The molecule has 1 aromatic rings. The molecule has 15 heavy (non-hydrogen) atoms. The zero-order valence-electron chi connectivity index (χ0n) is 7.99. The molecule has 1 saturated heterocycles. The van der Waals surface area contributed by atoms with Gasteiger partial charge in [-0.25, -0.2) is 4.98 Å². The fourth-order valence-electron chi connectivity index (χ4n) is 1.59. The lowest BCUT2D eigenvalue weighted by Crippen LogP contribution is -2.29. The van der Waals surface area contributed by atoms with Crippen LogP contribution in [0.3, 0.4) is 0 Å². The molecule has 1 aliphatic rings. The molecule has 5 heteroatoms. The summed E-state index contributed by atoms with van der Waals surface area (Å²) >= 11 is 6.85. The SMILES string of the molecule is O=C(c1ncccc1Br)N1CCC(Br)C1. The molecule has 3 nitrogen and oxygen atoms in total. The van der Waals surface area contributed by atoms with Crippen molar-refractivity contribution in [2.45, 2.75) is 11.2 Å². The summed E-state index contributed by atoms with van der Waals surface area (Å²) in [4.78, 5) is 18.4. The van der Waals surface area contributed by atoms with Crippen LogP contribution in [0.2, 0.25) is 0 Å². The van der Waals surface area contributed by atoms with Crippen LogP contribution in [-0.4, -0.2) is 33.7 Å². The molecule has 1 unspecified atom stereocenters. The van der Waals surface area contributed by atoms with E-state index in [1.54, 1.807) is 12.3 Å². The van der Waals surface area contributed by atoms with Crippen LogP contribution in [0, 0.1) is 0 Å². The number of rotatable bonds is 1. The van der Waals surface area contributed by atoms with E-state index in [1.165, 1.54) is 0 Å². The van der Waals surface area contributed by atoms with Gasteiger partial charge in [-0.15, -0.1) is 0 Å². The maximum atomic E-state index is 12.0. The van der Waals surface area contributed by atoms with Gasteiger partial charge in [-0.2, -0.15) is 0 Å². The minimum absolute atomic E-state index is 0.00410. The van der Waals surface area contributed by atoms with Gasteiger partial charge >= 0.3 is 0 Å². The maximum absolute atomic E-state index is 12.0. The van der Waals surface area contributed by atoms with Crippen molar-refractivity contribution in [1.29, 1.82) is 0 Å². The molecule has 2 heterocycles. The molecule has 0 N–H and O–H groups in total. The third-order valence-corrected chi connectivity index (χ3v) is 3.77. The van der Waals surface area contributed by atoms with Gasteiger partial charge in [0, 0.05) is 28.6 Å². The molecule has 1 aliphatic heterocycles. The molecule has 0 bridgehead atoms. The summed E-state index contributed by atoms with van der Waals surface area (Å²) < 4.78 is 0.757. The monoisotopic (exact) mass is 332 g/mol. The van der Waals surface area contributed by atoms with E-state index in [9.17, 15) is 4.79 Å². The molecule has 1 amide bonds. The summed E-state index contributed by atoms with van der Waals surface area (Å²) in [7, 11) is 0. The number of carbonyl (C=O) groups excluding carboxylic acids is 1. The Labute approximate surface area is 105 Å². The fraction of sp³-hybridized carbons (Fsp3) is 0.400. The minimum Gasteiger partial charge on any atom is -0.336 e. The Bertz CT molecular complexity index is 383. The van der Waals surface area contributed by atoms with E-state index < -0.39 is 0 Å². The summed E-state index contributed by atoms with van der Waals surface area (Å²) in [6.07, 6.45) is 2.65. The molecule has 0 saturated carbocycles. The number of halogens is 2. The highest BCUT2D eigenvalue weighted by Crippen LogP contribution is 2.21. The van der Waals surface area contributed by atoms with Crippen LogP contribution in [0.4, 0.5) is 0 Å². The molecule has 1 fully saturated rings. The van der Waals surface area contributed by atoms with E-state index in [1.807, 2.05) is 11.0 Å². The Balaban J connectivity index is 2.18. The molecule has 0 aliphatic carbocycles. The molecule has 1 aromatic heterocycles. The Kier molecular flexibility index (Phi) is 3.41. The standard InChI is InChI=1S/C10H10Br2N2O/c11-7-3-5-14(6-7)10(15)9-8(12)2-1-4-13-9/h1-2,4,7H,3,5-6H2. The molecule has 1 atom stereocenters. The van der Waals surface area contributed by atoms with Crippen molar-refractivity contribution in [2.24, 2.45) is 0 Å². The van der Waals surface area contributed by atoms with Crippen molar-refractivity contribution in [3.05, 3.63) is 28.5 Å². The highest BCUT2D eigenvalue weighted by atomic mass is 79.9. The quantitative estimate of drug-likeness (QED) is 0.740. The van der Waals surface area contributed by atoms with Gasteiger partial charge < -0.3 is 4.90 Å². The predicted octanol–water partition coefficient (Wildman–Crippen LogP) is 2.45. The third kappa shape index (κ3) is 2.39. The van der Waals surface area contributed by atoms with Crippen molar-refractivity contribution < 1.29 is 4.79 Å². The van der Waals surface area contributed by atoms with Crippen LogP contribution in [0.5, 0.6) is 0 Å². The molecule has 0 spiro atoms. The smallest absolute Gasteiger partial charge is 0.273 e. The Hall–Kier alpha value is -0.420. The van der Waals surface area contributed by atoms with E-state index in [2.05, 4.69) is 36.8 Å². The van der Waals surface area contributed by atoms with Crippen LogP contribution in [-0.2, 0) is 0 Å². The normalized spacial score (nSPS) is 20.7. The highest BCUT2D eigenvalue weighted by Gasteiger charge is 2.26. The fourth-order valence-corrected chi connectivity index (χ4v) is 2.57. The van der Waals surface area contributed by atoms with Crippen LogP contribution in [0.1, 0.15) is 16.9 Å². The number of carbonyl (C=O) groups is 1. The second-order valence-electron chi connectivity index (χ2n) is 3.47. The van der Waals surface area contributed by atoms with Gasteiger partial charge in [-0.1, -0.05) is 15.9 Å². The summed E-state index contributed by atoms with van der Waals surface area (Å²) in [6.45, 7) is 1.57. The summed E-state index contributed by atoms with van der Waals surface area (Å²) in [6, 6.07) is 3.64. The molecule has 80 valence electrons. The average Bonchev–Trinajstić information content (AvgIpc) is 2.65. The third-order valence-electron chi connectivity index (χ3n) is 2.38.